The third kappa shape index (κ3) is 1.23. The summed E-state index contributed by atoms with van der Waals surface area (Å²) in [5, 5.41) is 9.15. The molecule has 74 valence electrons. The second-order valence-corrected chi connectivity index (χ2v) is 3.76. The second-order valence-electron chi connectivity index (χ2n) is 3.76. The minimum atomic E-state index is -0.364. The van der Waals surface area contributed by atoms with Gasteiger partial charge in [0.1, 0.15) is 11.2 Å². The van der Waals surface area contributed by atoms with Gasteiger partial charge in [-0.2, -0.15) is 5.26 Å². The summed E-state index contributed by atoms with van der Waals surface area (Å²) in [7, 11) is 1.65. The first-order chi connectivity index (χ1) is 6.82. The van der Waals surface area contributed by atoms with Gasteiger partial charge in [-0.05, 0) is 25.3 Å². The van der Waals surface area contributed by atoms with Crippen LogP contribution in [0.1, 0.15) is 30.6 Å². The van der Waals surface area contributed by atoms with Crippen molar-refractivity contribution in [3.63, 3.8) is 0 Å². The van der Waals surface area contributed by atoms with Crippen molar-refractivity contribution < 1.29 is 9.15 Å². The Bertz CT molecular complexity index is 358. The molecule has 0 saturated heterocycles. The fourth-order valence-electron chi connectivity index (χ4n) is 1.94. The zero-order valence-electron chi connectivity index (χ0n) is 8.25. The predicted octanol–water partition coefficient (Wildman–Crippen LogP) is 2.37. The van der Waals surface area contributed by atoms with Crippen LogP contribution in [-0.2, 0) is 16.8 Å². The summed E-state index contributed by atoms with van der Waals surface area (Å²) >= 11 is 0. The second kappa shape index (κ2) is 3.47. The maximum absolute atomic E-state index is 9.15. The Morgan fingerprint density at radius 1 is 1.64 bits per heavy atom. The van der Waals surface area contributed by atoms with Gasteiger partial charge in [-0.15, -0.1) is 0 Å². The Morgan fingerprint density at radius 2 is 2.43 bits per heavy atom. The number of methoxy groups -OCH3 is 1. The molecule has 14 heavy (non-hydrogen) atoms. The minimum Gasteiger partial charge on any atom is -0.467 e. The Hall–Kier alpha value is -1.27. The molecule has 0 radical (unpaired) electrons. The Labute approximate surface area is 83.3 Å². The van der Waals surface area contributed by atoms with Crippen LogP contribution in [0.4, 0.5) is 0 Å². The average Bonchev–Trinajstić information content (AvgIpc) is 2.54. The van der Waals surface area contributed by atoms with Gasteiger partial charge in [-0.1, -0.05) is 0 Å². The largest absolute Gasteiger partial charge is 0.467 e. The lowest BCUT2D eigenvalue weighted by Crippen LogP contribution is -2.32. The molecule has 1 aromatic rings. The molecule has 0 unspecified atom stereocenters. The summed E-state index contributed by atoms with van der Waals surface area (Å²) in [4.78, 5) is 0. The fourth-order valence-corrected chi connectivity index (χ4v) is 1.94. The summed E-state index contributed by atoms with van der Waals surface area (Å²) in [5.74, 6) is 0.813. The van der Waals surface area contributed by atoms with E-state index in [0.717, 1.165) is 30.6 Å². The molecule has 1 heterocycles. The summed E-state index contributed by atoms with van der Waals surface area (Å²) in [6.07, 6.45) is 4.57. The highest BCUT2D eigenvalue weighted by Crippen LogP contribution is 2.44. The van der Waals surface area contributed by atoms with E-state index in [2.05, 4.69) is 6.07 Å². The summed E-state index contributed by atoms with van der Waals surface area (Å²) < 4.78 is 10.5. The van der Waals surface area contributed by atoms with Gasteiger partial charge in [0.25, 0.3) is 0 Å². The highest BCUT2D eigenvalue weighted by molar-refractivity contribution is 5.34. The molecule has 3 nitrogen and oxygen atoms in total. The van der Waals surface area contributed by atoms with Crippen molar-refractivity contribution in [1.82, 2.24) is 0 Å². The van der Waals surface area contributed by atoms with Crippen LogP contribution in [0.2, 0.25) is 0 Å². The van der Waals surface area contributed by atoms with Crippen LogP contribution in [0.25, 0.3) is 0 Å². The topological polar surface area (TPSA) is 46.2 Å². The molecule has 0 amide bonds. The molecular weight excluding hydrogens is 178 g/mol. The first kappa shape index (κ1) is 9.29. The molecule has 0 atom stereocenters. The maximum atomic E-state index is 9.15. The number of ether oxygens (including phenoxy) is 1. The Balaban J connectivity index is 2.31. The molecule has 3 heteroatoms. The molecule has 0 bridgehead atoms. The summed E-state index contributed by atoms with van der Waals surface area (Å²) in [6, 6.07) is 4.25. The lowest BCUT2D eigenvalue weighted by molar-refractivity contribution is 0.177. The summed E-state index contributed by atoms with van der Waals surface area (Å²) in [6.45, 7) is 0.523. The molecule has 0 N–H and O–H groups in total. The zero-order valence-corrected chi connectivity index (χ0v) is 8.25. The van der Waals surface area contributed by atoms with Crippen molar-refractivity contribution in [1.29, 1.82) is 5.26 Å². The van der Waals surface area contributed by atoms with Gasteiger partial charge in [0.2, 0.25) is 0 Å². The standard InChI is InChI=1S/C11H13NO2/c1-13-7-9-3-6-14-10(9)11(8-12)4-2-5-11/h3,6H,2,4-5,7H2,1H3. The molecule has 1 aliphatic carbocycles. The van der Waals surface area contributed by atoms with E-state index >= 15 is 0 Å². The van der Waals surface area contributed by atoms with Crippen LogP contribution in [0.15, 0.2) is 16.7 Å². The van der Waals surface area contributed by atoms with E-state index in [0.29, 0.717) is 6.61 Å². The fraction of sp³-hybridized carbons (Fsp3) is 0.545. The molecule has 1 aliphatic rings. The Kier molecular flexibility index (Phi) is 2.30. The van der Waals surface area contributed by atoms with Gasteiger partial charge in [-0.25, -0.2) is 0 Å². The highest BCUT2D eigenvalue weighted by Gasteiger charge is 2.43. The maximum Gasteiger partial charge on any atom is 0.129 e. The van der Waals surface area contributed by atoms with E-state index in [4.69, 9.17) is 14.4 Å². The number of hydrogen-bond acceptors (Lipinski definition) is 3. The van der Waals surface area contributed by atoms with Crippen LogP contribution >= 0.6 is 0 Å². The number of furan rings is 1. The molecule has 1 saturated carbocycles. The lowest BCUT2D eigenvalue weighted by Gasteiger charge is -2.33. The van der Waals surface area contributed by atoms with E-state index in [-0.39, 0.29) is 5.41 Å². The molecule has 0 spiro atoms. The van der Waals surface area contributed by atoms with E-state index < -0.39 is 0 Å². The van der Waals surface area contributed by atoms with Crippen molar-refractivity contribution in [2.45, 2.75) is 31.3 Å². The normalized spacial score (nSPS) is 18.6. The minimum absolute atomic E-state index is 0.364. The van der Waals surface area contributed by atoms with Crippen LogP contribution < -0.4 is 0 Å². The summed E-state index contributed by atoms with van der Waals surface area (Å²) in [5.41, 5.74) is 0.644. The van der Waals surface area contributed by atoms with E-state index in [1.54, 1.807) is 13.4 Å². The van der Waals surface area contributed by atoms with Crippen molar-refractivity contribution >= 4 is 0 Å². The smallest absolute Gasteiger partial charge is 0.129 e. The first-order valence-electron chi connectivity index (χ1n) is 4.79. The number of nitriles is 1. The van der Waals surface area contributed by atoms with Crippen LogP contribution in [0.3, 0.4) is 0 Å². The van der Waals surface area contributed by atoms with Gasteiger partial charge in [-0.3, -0.25) is 0 Å². The van der Waals surface area contributed by atoms with E-state index in [1.807, 2.05) is 6.07 Å². The quantitative estimate of drug-likeness (QED) is 0.736. The number of nitrogens with zero attached hydrogens (tertiary/aromatic N) is 1. The van der Waals surface area contributed by atoms with E-state index in [9.17, 15) is 0 Å². The van der Waals surface area contributed by atoms with Gasteiger partial charge in [0, 0.05) is 12.7 Å². The lowest BCUT2D eigenvalue weighted by atomic mass is 9.67. The number of rotatable bonds is 3. The van der Waals surface area contributed by atoms with Crippen molar-refractivity contribution in [3.8, 4) is 6.07 Å². The zero-order chi connectivity index (χ0) is 10.0. The van der Waals surface area contributed by atoms with Gasteiger partial charge in [0.15, 0.2) is 0 Å². The molecule has 0 aromatic carbocycles. The third-order valence-electron chi connectivity index (χ3n) is 2.90. The molecule has 1 fully saturated rings. The van der Waals surface area contributed by atoms with Crippen molar-refractivity contribution in [3.05, 3.63) is 23.7 Å². The molecule has 1 aromatic heterocycles. The van der Waals surface area contributed by atoms with Crippen molar-refractivity contribution in [2.75, 3.05) is 7.11 Å². The third-order valence-corrected chi connectivity index (χ3v) is 2.90. The monoisotopic (exact) mass is 191 g/mol. The SMILES string of the molecule is COCc1ccoc1C1(C#N)CCC1. The number of hydrogen-bond donors (Lipinski definition) is 0. The Morgan fingerprint density at radius 3 is 2.93 bits per heavy atom. The van der Waals surface area contributed by atoms with Crippen LogP contribution in [0, 0.1) is 11.3 Å². The molecular formula is C11H13NO2. The highest BCUT2D eigenvalue weighted by atomic mass is 16.5. The predicted molar refractivity (Wildman–Crippen MR) is 50.6 cm³/mol. The van der Waals surface area contributed by atoms with Crippen molar-refractivity contribution in [2.24, 2.45) is 0 Å². The average molecular weight is 191 g/mol. The van der Waals surface area contributed by atoms with Gasteiger partial charge >= 0.3 is 0 Å². The van der Waals surface area contributed by atoms with Gasteiger partial charge < -0.3 is 9.15 Å². The van der Waals surface area contributed by atoms with E-state index in [1.165, 1.54) is 0 Å². The van der Waals surface area contributed by atoms with Crippen LogP contribution in [-0.4, -0.2) is 7.11 Å². The van der Waals surface area contributed by atoms with Gasteiger partial charge in [0.05, 0.1) is 18.9 Å². The first-order valence-corrected chi connectivity index (χ1v) is 4.79. The molecule has 0 aliphatic heterocycles. The molecule has 2 rings (SSSR count). The van der Waals surface area contributed by atoms with Crippen LogP contribution in [0.5, 0.6) is 0 Å².